The van der Waals surface area contributed by atoms with E-state index >= 15 is 0 Å². The fourth-order valence-corrected chi connectivity index (χ4v) is 62.3. The van der Waals surface area contributed by atoms with Crippen LogP contribution in [0, 0.1) is 0 Å². The molecule has 0 amide bonds. The van der Waals surface area contributed by atoms with E-state index in [0.717, 1.165) is 67.5 Å². The maximum absolute atomic E-state index is 11.4. The minimum Gasteiger partial charge on any atom is -0.508 e. The third-order valence-corrected chi connectivity index (χ3v) is 54.3. The van der Waals surface area contributed by atoms with E-state index in [1.54, 1.807) is 0 Å². The number of aryl methyl sites for hydroxylation is 2. The van der Waals surface area contributed by atoms with Crippen LogP contribution in [0.15, 0.2) is 42.5 Å². The minimum absolute atomic E-state index is 0. The zero-order chi connectivity index (χ0) is 58.7. The number of rotatable bonds is 38. The number of unbranched alkanes of at least 4 members (excludes halogenated alkanes) is 4. The Morgan fingerprint density at radius 1 is 0.403 bits per heavy atom. The maximum Gasteiger partial charge on any atom is 0.317 e. The van der Waals surface area contributed by atoms with E-state index in [-0.39, 0.29) is 10.9 Å². The summed E-state index contributed by atoms with van der Waals surface area (Å²) in [6, 6.07) is 21.6. The summed E-state index contributed by atoms with van der Waals surface area (Å²) >= 11 is 0. The largest absolute Gasteiger partial charge is 0.508 e. The predicted molar refractivity (Wildman–Crippen MR) is 359 cm³/mol. The van der Waals surface area contributed by atoms with Crippen LogP contribution in [0.25, 0.3) is 0 Å². The van der Waals surface area contributed by atoms with Crippen molar-refractivity contribution in [3.8, 4) is 5.75 Å². The number of benzene rings is 2. The number of hydrogen-bond acceptors (Lipinski definition) is 9. The second-order valence-corrected chi connectivity index (χ2v) is 66.4. The Morgan fingerprint density at radius 3 is 1.04 bits per heavy atom. The number of hydrogen-bond donors (Lipinski definition) is 1. The summed E-state index contributed by atoms with van der Waals surface area (Å²) < 4.78 is 57.4. The van der Waals surface area contributed by atoms with Gasteiger partial charge >= 0.3 is 51.4 Å². The van der Waals surface area contributed by atoms with Gasteiger partial charge in [-0.1, -0.05) is 129 Å². The van der Waals surface area contributed by atoms with E-state index in [1.807, 2.05) is 6.07 Å². The summed E-state index contributed by atoms with van der Waals surface area (Å²) in [6.45, 7) is 54.8. The van der Waals surface area contributed by atoms with Gasteiger partial charge in [0.25, 0.3) is 0 Å². The molecule has 0 heterocycles. The molecule has 0 spiro atoms. The molecule has 0 bridgehead atoms. The molecule has 0 atom stereocenters. The van der Waals surface area contributed by atoms with Gasteiger partial charge in [0, 0.05) is 20.9 Å². The van der Waals surface area contributed by atoms with Crippen molar-refractivity contribution < 1.29 is 43.5 Å². The van der Waals surface area contributed by atoms with Gasteiger partial charge in [0.05, 0.1) is 0 Å². The van der Waals surface area contributed by atoms with Crippen LogP contribution in [0.5, 0.6) is 5.75 Å². The predicted octanol–water partition coefficient (Wildman–Crippen LogP) is 17.1. The Hall–Kier alpha value is 0.179. The first-order valence-corrected chi connectivity index (χ1v) is 58.3. The lowest BCUT2D eigenvalue weighted by atomic mass is 9.77. The molecule has 2 rings (SSSR count). The van der Waals surface area contributed by atoms with Gasteiger partial charge < -0.3 is 43.5 Å². The lowest BCUT2D eigenvalue weighted by molar-refractivity contribution is 0.287. The Bertz CT molecular complexity index is 1920. The van der Waals surface area contributed by atoms with Crippen LogP contribution in [0.4, 0.5) is 0 Å². The lowest BCUT2D eigenvalue weighted by Crippen LogP contribution is -2.59. The van der Waals surface area contributed by atoms with E-state index in [4.69, 9.17) is 32.9 Å². The average Bonchev–Trinajstić information content (AvgIpc) is 3.25. The zero-order valence-electron chi connectivity index (χ0n) is 54.1. The Morgan fingerprint density at radius 2 is 0.714 bits per heavy atom. The highest BCUT2D eigenvalue weighted by atomic mass is 28.5. The average molecular weight is 1240 g/mol. The van der Waals surface area contributed by atoms with E-state index in [9.17, 15) is 5.11 Å². The maximum atomic E-state index is 11.4. The quantitative estimate of drug-likeness (QED) is 0.0654. The summed E-state index contributed by atoms with van der Waals surface area (Å²) in [5, 5.41) is 11.4. The summed E-state index contributed by atoms with van der Waals surface area (Å²) in [7, 11) is -15.4. The van der Waals surface area contributed by atoms with E-state index < -0.39 is 84.6 Å². The van der Waals surface area contributed by atoms with Crippen molar-refractivity contribution in [3.05, 3.63) is 64.7 Å². The molecule has 77 heavy (non-hydrogen) atoms. The molecule has 0 fully saturated rings. The highest BCUT2D eigenvalue weighted by Gasteiger charge is 2.50. The molecule has 10 nitrogen and oxygen atoms in total. The number of aromatic hydroxyl groups is 1. The van der Waals surface area contributed by atoms with E-state index in [2.05, 4.69) is 211 Å². The number of phenols is 1. The standard InChI is InChI=1S/C55H116O9Si10.B2.H2O/c1-25-29-42-65(7,8)57-69(15,16)61-73(23,62-70(17,18)58-66(9,10)43-30-26-2)46-34-37-50-36-33-39-52(48-50)55(5,6)53-40-41-54(56)51(49-53)38-35-47-74(24,63-71(19,20)59-67(11,12)44-31-27-3)64-72(21,22)60-68(13,14)45-32-28-4;1-2;/h33,36,39-41,48-49,56H,25-32,34-35,37-38,42-47H2,1-24H3;;1H2. The fraction of sp³-hybridized carbons (Fsp3) is 0.782. The molecule has 2 aromatic carbocycles. The molecule has 0 aliphatic carbocycles. The van der Waals surface area contributed by atoms with Crippen molar-refractivity contribution in [2.45, 2.75) is 278 Å². The Labute approximate surface area is 488 Å². The topological polar surface area (TPSA) is 126 Å². The summed E-state index contributed by atoms with van der Waals surface area (Å²) in [5.74, 6) is 0.343. The fourth-order valence-electron chi connectivity index (χ4n) is 11.4. The highest BCUT2D eigenvalue weighted by molar-refractivity contribution is 6.92. The summed E-state index contributed by atoms with van der Waals surface area (Å²) in [5.41, 5.74) is 4.44. The normalized spacial score (nSPS) is 13.8. The van der Waals surface area contributed by atoms with Gasteiger partial charge in [0.2, 0.25) is 0 Å². The molecular weight excluding hydrogens is 1120 g/mol. The van der Waals surface area contributed by atoms with Gasteiger partial charge in [-0.15, -0.1) is 0 Å². The van der Waals surface area contributed by atoms with Crippen molar-refractivity contribution in [2.24, 2.45) is 0 Å². The first kappa shape index (κ1) is 77.2. The van der Waals surface area contributed by atoms with Crippen LogP contribution in [0.1, 0.15) is 128 Å². The van der Waals surface area contributed by atoms with Crippen LogP contribution in [-0.2, 0) is 51.2 Å². The molecule has 0 unspecified atom stereocenters. The first-order valence-electron chi connectivity index (χ1n) is 29.5. The Balaban J connectivity index is 0.0000190. The molecule has 444 valence electrons. The molecule has 2 aromatic rings. The summed E-state index contributed by atoms with van der Waals surface area (Å²) in [4.78, 5) is 0. The van der Waals surface area contributed by atoms with Gasteiger partial charge in [0.15, 0.2) is 33.3 Å². The molecular formula is C55H118B2O10Si10. The third kappa shape index (κ3) is 30.5. The van der Waals surface area contributed by atoms with Crippen LogP contribution < -0.4 is 0 Å². The van der Waals surface area contributed by atoms with E-state index in [1.165, 1.54) is 68.1 Å². The molecule has 3 N–H and O–H groups in total. The van der Waals surface area contributed by atoms with Crippen LogP contribution in [-0.4, -0.2) is 111 Å². The second-order valence-electron chi connectivity index (χ2n) is 27.0. The monoisotopic (exact) mass is 1240 g/mol. The molecule has 4 radical (unpaired) electrons. The Kier molecular flexibility index (Phi) is 33.1. The van der Waals surface area contributed by atoms with Crippen LogP contribution in [0.3, 0.4) is 0 Å². The second kappa shape index (κ2) is 33.0. The smallest absolute Gasteiger partial charge is 0.317 e. The molecule has 0 saturated carbocycles. The van der Waals surface area contributed by atoms with Crippen LogP contribution in [0.2, 0.25) is 154 Å². The molecule has 0 aromatic heterocycles. The van der Waals surface area contributed by atoms with Crippen LogP contribution >= 0.6 is 0 Å². The zero-order valence-corrected chi connectivity index (χ0v) is 64.1. The molecule has 0 aliphatic rings. The highest BCUT2D eigenvalue weighted by Crippen LogP contribution is 2.38. The van der Waals surface area contributed by atoms with Gasteiger partial charge in [-0.25, -0.2) is 0 Å². The van der Waals surface area contributed by atoms with Crippen molar-refractivity contribution in [1.29, 1.82) is 0 Å². The number of phenolic OH excluding ortho intramolecular Hbond substituents is 1. The van der Waals surface area contributed by atoms with E-state index in [0.29, 0.717) is 5.75 Å². The van der Waals surface area contributed by atoms with Gasteiger partial charge in [-0.2, -0.15) is 0 Å². The van der Waals surface area contributed by atoms with Gasteiger partial charge in [0.1, 0.15) is 5.75 Å². The van der Waals surface area contributed by atoms with Crippen molar-refractivity contribution >= 4 is 100 Å². The molecule has 22 heteroatoms. The first-order chi connectivity index (χ1) is 34.7. The van der Waals surface area contributed by atoms with Crippen molar-refractivity contribution in [1.82, 2.24) is 0 Å². The SMILES string of the molecule is CCCC[Si](C)(C)O[Si](C)(C)O[Si](C)(CCCc1cccc(C(C)(C)c2ccc(O)c(CCC[Si](C)(O[Si](C)(C)O[Si](C)(C)CCCC)O[Si](C)(C)O[Si](C)(C)CCCC)c2)c1)O[Si](C)(C)O[Si](C)(C)CCCC.O.[B][B]. The van der Waals surface area contributed by atoms with Crippen molar-refractivity contribution in [2.75, 3.05) is 0 Å². The van der Waals surface area contributed by atoms with Gasteiger partial charge in [-0.3, -0.25) is 0 Å². The minimum atomic E-state index is -2.82. The molecule has 0 aliphatic heterocycles. The van der Waals surface area contributed by atoms with Crippen molar-refractivity contribution in [3.63, 3.8) is 0 Å². The van der Waals surface area contributed by atoms with Gasteiger partial charge in [-0.05, 0) is 208 Å². The molecule has 0 saturated heterocycles. The summed E-state index contributed by atoms with van der Waals surface area (Å²) in [6.07, 6.45) is 12.9. The lowest BCUT2D eigenvalue weighted by Gasteiger charge is -2.44. The third-order valence-electron chi connectivity index (χ3n) is 14.1.